The number of nitrogens with one attached hydrogen (secondary N) is 1. The fourth-order valence-corrected chi connectivity index (χ4v) is 5.12. The lowest BCUT2D eigenvalue weighted by Crippen LogP contribution is -2.09. The number of hydrogen-bond donors (Lipinski definition) is 2. The number of aromatic amines is 1. The van der Waals surface area contributed by atoms with Crippen LogP contribution in [0.5, 0.6) is 5.75 Å². The van der Waals surface area contributed by atoms with Crippen LogP contribution in [0.25, 0.3) is 32.6 Å². The molecule has 5 aromatic rings. The van der Waals surface area contributed by atoms with Crippen LogP contribution in [0.15, 0.2) is 48.5 Å². The topological polar surface area (TPSA) is 105 Å². The number of rotatable bonds is 7. The van der Waals surface area contributed by atoms with Crippen LogP contribution in [-0.2, 0) is 11.2 Å². The summed E-state index contributed by atoms with van der Waals surface area (Å²) in [5.41, 5.74) is 6.77. The quantitative estimate of drug-likeness (QED) is 0.289. The zero-order valence-corrected chi connectivity index (χ0v) is 20.3. The molecule has 0 aliphatic carbocycles. The molecule has 5 rings (SSSR count). The summed E-state index contributed by atoms with van der Waals surface area (Å²) in [7, 11) is 0. The summed E-state index contributed by atoms with van der Waals surface area (Å²) in [6.45, 7) is 5.45. The number of ketones is 1. The molecule has 0 radical (unpaired) electrons. The largest absolute Gasteiger partial charge is 0.482 e. The summed E-state index contributed by atoms with van der Waals surface area (Å²) in [6, 6.07) is 15.1. The van der Waals surface area contributed by atoms with E-state index in [1.165, 1.54) is 0 Å². The van der Waals surface area contributed by atoms with E-state index >= 15 is 0 Å². The van der Waals surface area contributed by atoms with Gasteiger partial charge in [0.05, 0.1) is 26.3 Å². The molecule has 2 N–H and O–H groups in total. The second-order valence-corrected chi connectivity index (χ2v) is 9.80. The molecular formula is C27H23N3O4S. The van der Waals surface area contributed by atoms with Gasteiger partial charge in [0, 0.05) is 17.5 Å². The monoisotopic (exact) mass is 485 g/mol. The zero-order valence-electron chi connectivity index (χ0n) is 19.5. The molecule has 0 saturated carbocycles. The van der Waals surface area contributed by atoms with Gasteiger partial charge in [-0.25, -0.2) is 14.8 Å². The van der Waals surface area contributed by atoms with Gasteiger partial charge in [-0.2, -0.15) is 0 Å². The molecule has 7 nitrogen and oxygen atoms in total. The van der Waals surface area contributed by atoms with Gasteiger partial charge in [-0.1, -0.05) is 6.07 Å². The van der Waals surface area contributed by atoms with Crippen molar-refractivity contribution in [1.29, 1.82) is 0 Å². The summed E-state index contributed by atoms with van der Waals surface area (Å²) >= 11 is 1.65. The first-order valence-corrected chi connectivity index (χ1v) is 11.9. The number of benzene rings is 3. The second kappa shape index (κ2) is 8.96. The van der Waals surface area contributed by atoms with Crippen LogP contribution >= 0.6 is 11.3 Å². The Bertz CT molecular complexity index is 1590. The Balaban J connectivity index is 1.40. The first-order chi connectivity index (χ1) is 16.8. The fourth-order valence-electron chi connectivity index (χ4n) is 4.31. The van der Waals surface area contributed by atoms with Gasteiger partial charge in [0.15, 0.2) is 12.4 Å². The maximum atomic E-state index is 13.0. The number of carboxylic acids is 1. The number of thiazole rings is 1. The van der Waals surface area contributed by atoms with Gasteiger partial charge < -0.3 is 14.8 Å². The van der Waals surface area contributed by atoms with Gasteiger partial charge in [-0.05, 0) is 79.9 Å². The van der Waals surface area contributed by atoms with Gasteiger partial charge in [0.2, 0.25) is 0 Å². The predicted molar refractivity (Wildman–Crippen MR) is 137 cm³/mol. The highest BCUT2D eigenvalue weighted by molar-refractivity contribution is 7.18. The smallest absolute Gasteiger partial charge is 0.341 e. The lowest BCUT2D eigenvalue weighted by molar-refractivity contribution is -0.139. The molecular weight excluding hydrogens is 462 g/mol. The van der Waals surface area contributed by atoms with E-state index in [4.69, 9.17) is 14.8 Å². The number of aryl methyl sites for hydroxylation is 3. The Kier molecular flexibility index (Phi) is 5.82. The number of aromatic nitrogens is 3. The molecule has 2 aromatic heterocycles. The Morgan fingerprint density at radius 3 is 2.49 bits per heavy atom. The molecule has 0 aliphatic heterocycles. The number of ether oxygens (including phenoxy) is 1. The third-order valence-electron chi connectivity index (χ3n) is 5.83. The van der Waals surface area contributed by atoms with E-state index in [-0.39, 0.29) is 5.78 Å². The number of imidazole rings is 1. The number of H-pyrrole nitrogens is 1. The molecule has 0 amide bonds. The van der Waals surface area contributed by atoms with Crippen LogP contribution in [0.2, 0.25) is 0 Å². The zero-order chi connectivity index (χ0) is 24.7. The van der Waals surface area contributed by atoms with Crippen LogP contribution in [0.3, 0.4) is 0 Å². The maximum absolute atomic E-state index is 13.0. The number of nitrogens with zero attached hydrogens (tertiary/aromatic N) is 2. The minimum absolute atomic E-state index is 0.0293. The van der Waals surface area contributed by atoms with Crippen molar-refractivity contribution in [3.05, 3.63) is 75.8 Å². The van der Waals surface area contributed by atoms with E-state index in [0.29, 0.717) is 23.6 Å². The second-order valence-electron chi connectivity index (χ2n) is 8.57. The van der Waals surface area contributed by atoms with Gasteiger partial charge >= 0.3 is 5.97 Å². The van der Waals surface area contributed by atoms with E-state index in [0.717, 1.165) is 48.5 Å². The highest BCUT2D eigenvalue weighted by atomic mass is 32.1. The van der Waals surface area contributed by atoms with E-state index < -0.39 is 12.6 Å². The van der Waals surface area contributed by atoms with Crippen molar-refractivity contribution in [3.8, 4) is 17.1 Å². The Morgan fingerprint density at radius 1 is 0.971 bits per heavy atom. The molecule has 3 aromatic carbocycles. The normalized spacial score (nSPS) is 11.3. The lowest BCUT2D eigenvalue weighted by atomic mass is 10.0. The van der Waals surface area contributed by atoms with Crippen molar-refractivity contribution in [1.82, 2.24) is 15.0 Å². The SMILES string of the molecule is Cc1nc2cc(CC(=O)c3ccc4nc(-c5c(C)cc(OCC(=O)O)cc5C)[nH]c4c3)ccc2s1. The molecule has 0 unspecified atom stereocenters. The van der Waals surface area contributed by atoms with Gasteiger partial charge in [-0.15, -0.1) is 11.3 Å². The van der Waals surface area contributed by atoms with Crippen molar-refractivity contribution in [2.75, 3.05) is 6.61 Å². The minimum Gasteiger partial charge on any atom is -0.482 e. The summed E-state index contributed by atoms with van der Waals surface area (Å²) < 4.78 is 6.45. The third-order valence-corrected chi connectivity index (χ3v) is 6.78. The number of carbonyl (C=O) groups is 2. The molecule has 8 heteroatoms. The number of hydrogen-bond acceptors (Lipinski definition) is 6. The average molecular weight is 486 g/mol. The number of fused-ring (bicyclic) bond motifs is 2. The van der Waals surface area contributed by atoms with E-state index in [1.54, 1.807) is 23.5 Å². The molecule has 0 spiro atoms. The average Bonchev–Trinajstić information content (AvgIpc) is 3.38. The molecule has 0 aliphatic rings. The third kappa shape index (κ3) is 4.65. The molecule has 2 heterocycles. The van der Waals surface area contributed by atoms with Crippen LogP contribution in [0, 0.1) is 20.8 Å². The number of Topliss-reactive ketones (excluding diaryl/α,β-unsaturated/α-hetero) is 1. The Hall–Kier alpha value is -4.04. The standard InChI is InChI=1S/C27H23N3O4S/c1-14-8-19(34-13-25(32)33)9-15(2)26(14)27-29-20-6-5-18(12-21(20)30-27)23(31)11-17-4-7-24-22(10-17)28-16(3)35-24/h4-10,12H,11,13H2,1-3H3,(H,29,30)(H,32,33). The first kappa shape index (κ1) is 22.7. The highest BCUT2D eigenvalue weighted by Crippen LogP contribution is 2.31. The molecule has 0 atom stereocenters. The van der Waals surface area contributed by atoms with Gasteiger partial charge in [-0.3, -0.25) is 4.79 Å². The lowest BCUT2D eigenvalue weighted by Gasteiger charge is -2.11. The molecule has 35 heavy (non-hydrogen) atoms. The summed E-state index contributed by atoms with van der Waals surface area (Å²) in [5.74, 6) is 0.197. The van der Waals surface area contributed by atoms with Crippen LogP contribution in [-0.4, -0.2) is 38.4 Å². The Labute approximate surface area is 205 Å². The number of aliphatic carboxylic acids is 1. The maximum Gasteiger partial charge on any atom is 0.341 e. The van der Waals surface area contributed by atoms with Crippen LogP contribution < -0.4 is 4.74 Å². The molecule has 0 saturated heterocycles. The minimum atomic E-state index is -1.02. The predicted octanol–water partition coefficient (Wildman–Crippen LogP) is 5.65. The van der Waals surface area contributed by atoms with E-state index in [9.17, 15) is 9.59 Å². The van der Waals surface area contributed by atoms with Crippen molar-refractivity contribution in [2.45, 2.75) is 27.2 Å². The van der Waals surface area contributed by atoms with Crippen molar-refractivity contribution in [3.63, 3.8) is 0 Å². The van der Waals surface area contributed by atoms with Crippen molar-refractivity contribution in [2.24, 2.45) is 0 Å². The van der Waals surface area contributed by atoms with Crippen molar-refractivity contribution >= 4 is 44.3 Å². The summed E-state index contributed by atoms with van der Waals surface area (Å²) in [6.07, 6.45) is 0.301. The number of carbonyl (C=O) groups excluding carboxylic acids is 1. The molecule has 0 bridgehead atoms. The van der Waals surface area contributed by atoms with Gasteiger partial charge in [0.1, 0.15) is 11.6 Å². The number of carboxylic acid groups (broad SMARTS) is 1. The van der Waals surface area contributed by atoms with Crippen LogP contribution in [0.1, 0.15) is 32.1 Å². The highest BCUT2D eigenvalue weighted by Gasteiger charge is 2.15. The van der Waals surface area contributed by atoms with E-state index in [2.05, 4.69) is 9.97 Å². The van der Waals surface area contributed by atoms with Crippen molar-refractivity contribution < 1.29 is 19.4 Å². The van der Waals surface area contributed by atoms with Gasteiger partial charge in [0.25, 0.3) is 0 Å². The molecule has 176 valence electrons. The van der Waals surface area contributed by atoms with E-state index in [1.807, 2.05) is 57.2 Å². The Morgan fingerprint density at radius 2 is 1.74 bits per heavy atom. The summed E-state index contributed by atoms with van der Waals surface area (Å²) in [5, 5.41) is 9.86. The summed E-state index contributed by atoms with van der Waals surface area (Å²) in [4.78, 5) is 36.4. The molecule has 0 fully saturated rings. The fraction of sp³-hybridized carbons (Fsp3) is 0.185. The first-order valence-electron chi connectivity index (χ1n) is 11.1. The van der Waals surface area contributed by atoms with Crippen LogP contribution in [0.4, 0.5) is 0 Å².